The van der Waals surface area contributed by atoms with E-state index in [0.29, 0.717) is 18.8 Å². The summed E-state index contributed by atoms with van der Waals surface area (Å²) in [7, 11) is 0. The Labute approximate surface area is 124 Å². The number of hydrogen-bond donors (Lipinski definition) is 2. The van der Waals surface area contributed by atoms with Crippen molar-refractivity contribution in [1.82, 2.24) is 5.32 Å². The minimum atomic E-state index is -0.827. The number of carbonyl (C=O) groups is 2. The Kier molecular flexibility index (Phi) is 3.70. The lowest BCUT2D eigenvalue weighted by molar-refractivity contribution is -0.157. The summed E-state index contributed by atoms with van der Waals surface area (Å²) in [4.78, 5) is 23.7. The zero-order chi connectivity index (χ0) is 14.9. The number of benzene rings is 1. The van der Waals surface area contributed by atoms with Crippen molar-refractivity contribution in [2.24, 2.45) is 11.3 Å². The van der Waals surface area contributed by atoms with Gasteiger partial charge in [-0.25, -0.2) is 0 Å². The van der Waals surface area contributed by atoms with Crippen molar-refractivity contribution in [3.63, 3.8) is 0 Å². The highest BCUT2D eigenvalue weighted by atomic mass is 16.4. The lowest BCUT2D eigenvalue weighted by atomic mass is 9.66. The minimum absolute atomic E-state index is 0.0321. The van der Waals surface area contributed by atoms with Gasteiger partial charge in [0.05, 0.1) is 11.5 Å². The van der Waals surface area contributed by atoms with Gasteiger partial charge in [-0.3, -0.25) is 9.59 Å². The Hall–Kier alpha value is -1.84. The molecule has 1 atom stereocenters. The standard InChI is InChI=1S/C17H21NO3/c19-14(11-17(16(20)21)9-4-10-17)18-15(13-7-8-13)12-5-2-1-3-6-12/h1-3,5-6,13,15H,4,7-11H2,(H,18,19)(H,20,21). The Morgan fingerprint density at radius 1 is 1.24 bits per heavy atom. The Morgan fingerprint density at radius 2 is 1.90 bits per heavy atom. The quantitative estimate of drug-likeness (QED) is 0.845. The van der Waals surface area contributed by atoms with Gasteiger partial charge in [-0.05, 0) is 37.2 Å². The van der Waals surface area contributed by atoms with Crippen LogP contribution in [0.5, 0.6) is 0 Å². The van der Waals surface area contributed by atoms with Crippen LogP contribution in [0, 0.1) is 11.3 Å². The molecular weight excluding hydrogens is 266 g/mol. The van der Waals surface area contributed by atoms with Crippen LogP contribution in [-0.4, -0.2) is 17.0 Å². The second-order valence-corrected chi connectivity index (χ2v) is 6.41. The summed E-state index contributed by atoms with van der Waals surface area (Å²) >= 11 is 0. The average Bonchev–Trinajstić information content (AvgIpc) is 3.25. The van der Waals surface area contributed by atoms with E-state index in [2.05, 4.69) is 5.32 Å². The van der Waals surface area contributed by atoms with Crippen LogP contribution in [-0.2, 0) is 9.59 Å². The number of hydrogen-bond acceptors (Lipinski definition) is 2. The summed E-state index contributed by atoms with van der Waals surface area (Å²) in [5.41, 5.74) is 0.306. The molecule has 4 heteroatoms. The fourth-order valence-corrected chi connectivity index (χ4v) is 3.16. The van der Waals surface area contributed by atoms with E-state index in [0.717, 1.165) is 24.8 Å². The number of rotatable bonds is 6. The topological polar surface area (TPSA) is 66.4 Å². The summed E-state index contributed by atoms with van der Waals surface area (Å²) in [5.74, 6) is -0.456. The van der Waals surface area contributed by atoms with Gasteiger partial charge in [0, 0.05) is 6.42 Å². The Balaban J connectivity index is 1.66. The Bertz CT molecular complexity index is 532. The summed E-state index contributed by atoms with van der Waals surface area (Å²) in [5, 5.41) is 12.4. The number of carbonyl (C=O) groups excluding carboxylic acids is 1. The molecule has 21 heavy (non-hydrogen) atoms. The molecular formula is C17H21NO3. The zero-order valence-corrected chi connectivity index (χ0v) is 12.0. The number of amides is 1. The van der Waals surface area contributed by atoms with Gasteiger partial charge in [-0.1, -0.05) is 36.8 Å². The summed E-state index contributed by atoms with van der Waals surface area (Å²) in [6.45, 7) is 0. The van der Waals surface area contributed by atoms with Gasteiger partial charge in [0.15, 0.2) is 0 Å². The predicted molar refractivity (Wildman–Crippen MR) is 78.6 cm³/mol. The van der Waals surface area contributed by atoms with Crippen molar-refractivity contribution in [2.75, 3.05) is 0 Å². The van der Waals surface area contributed by atoms with E-state index < -0.39 is 11.4 Å². The van der Waals surface area contributed by atoms with Gasteiger partial charge in [-0.15, -0.1) is 0 Å². The molecule has 4 nitrogen and oxygen atoms in total. The molecule has 0 heterocycles. The highest BCUT2D eigenvalue weighted by Crippen LogP contribution is 2.45. The van der Waals surface area contributed by atoms with E-state index in [1.807, 2.05) is 30.3 Å². The van der Waals surface area contributed by atoms with Crippen molar-refractivity contribution >= 4 is 11.9 Å². The second kappa shape index (κ2) is 5.51. The molecule has 3 rings (SSSR count). The van der Waals surface area contributed by atoms with Gasteiger partial charge in [0.25, 0.3) is 0 Å². The molecule has 0 bridgehead atoms. The molecule has 2 saturated carbocycles. The average molecular weight is 287 g/mol. The first kappa shape index (κ1) is 14.1. The van der Waals surface area contributed by atoms with Gasteiger partial charge in [-0.2, -0.15) is 0 Å². The van der Waals surface area contributed by atoms with Crippen LogP contribution < -0.4 is 5.32 Å². The fraction of sp³-hybridized carbons (Fsp3) is 0.529. The van der Waals surface area contributed by atoms with Gasteiger partial charge in [0.1, 0.15) is 0 Å². The molecule has 1 amide bonds. The third-order valence-corrected chi connectivity index (χ3v) is 4.83. The normalized spacial score (nSPS) is 21.1. The second-order valence-electron chi connectivity index (χ2n) is 6.41. The van der Waals surface area contributed by atoms with Gasteiger partial charge >= 0.3 is 5.97 Å². The molecule has 1 unspecified atom stereocenters. The molecule has 2 N–H and O–H groups in total. The highest BCUT2D eigenvalue weighted by Gasteiger charge is 2.46. The molecule has 0 spiro atoms. The first-order valence-electron chi connectivity index (χ1n) is 7.68. The molecule has 0 radical (unpaired) electrons. The van der Waals surface area contributed by atoms with Crippen LogP contribution in [0.15, 0.2) is 30.3 Å². The SMILES string of the molecule is O=C(CC1(C(=O)O)CCC1)NC(c1ccccc1)C1CC1. The maximum absolute atomic E-state index is 12.3. The van der Waals surface area contributed by atoms with Crippen molar-refractivity contribution in [2.45, 2.75) is 44.6 Å². The molecule has 0 saturated heterocycles. The van der Waals surface area contributed by atoms with E-state index in [-0.39, 0.29) is 18.4 Å². The largest absolute Gasteiger partial charge is 0.481 e. The molecule has 2 aliphatic rings. The van der Waals surface area contributed by atoms with Crippen molar-refractivity contribution < 1.29 is 14.7 Å². The van der Waals surface area contributed by atoms with Crippen LogP contribution in [0.4, 0.5) is 0 Å². The fourth-order valence-electron chi connectivity index (χ4n) is 3.16. The predicted octanol–water partition coefficient (Wildman–Crippen LogP) is 2.90. The summed E-state index contributed by atoms with van der Waals surface area (Å²) in [6, 6.07) is 10.00. The van der Waals surface area contributed by atoms with E-state index >= 15 is 0 Å². The summed E-state index contributed by atoms with van der Waals surface area (Å²) in [6.07, 6.45) is 4.51. The monoisotopic (exact) mass is 287 g/mol. The van der Waals surface area contributed by atoms with Gasteiger partial charge < -0.3 is 10.4 Å². The molecule has 1 aromatic rings. The van der Waals surface area contributed by atoms with Crippen LogP contribution in [0.2, 0.25) is 0 Å². The van der Waals surface area contributed by atoms with E-state index in [1.165, 1.54) is 0 Å². The molecule has 2 aliphatic carbocycles. The maximum atomic E-state index is 12.3. The van der Waals surface area contributed by atoms with Crippen molar-refractivity contribution in [3.05, 3.63) is 35.9 Å². The van der Waals surface area contributed by atoms with Crippen LogP contribution in [0.25, 0.3) is 0 Å². The lowest BCUT2D eigenvalue weighted by Crippen LogP contribution is -2.43. The van der Waals surface area contributed by atoms with Gasteiger partial charge in [0.2, 0.25) is 5.91 Å². The maximum Gasteiger partial charge on any atom is 0.310 e. The molecule has 112 valence electrons. The third-order valence-electron chi connectivity index (χ3n) is 4.83. The Morgan fingerprint density at radius 3 is 2.38 bits per heavy atom. The molecule has 0 aliphatic heterocycles. The van der Waals surface area contributed by atoms with Crippen LogP contribution >= 0.6 is 0 Å². The third kappa shape index (κ3) is 2.94. The lowest BCUT2D eigenvalue weighted by Gasteiger charge is -2.37. The van der Waals surface area contributed by atoms with E-state index in [1.54, 1.807) is 0 Å². The first-order valence-corrected chi connectivity index (χ1v) is 7.68. The van der Waals surface area contributed by atoms with E-state index in [9.17, 15) is 14.7 Å². The molecule has 1 aromatic carbocycles. The minimum Gasteiger partial charge on any atom is -0.481 e. The summed E-state index contributed by atoms with van der Waals surface area (Å²) < 4.78 is 0. The van der Waals surface area contributed by atoms with Crippen LogP contribution in [0.3, 0.4) is 0 Å². The van der Waals surface area contributed by atoms with Crippen molar-refractivity contribution in [3.8, 4) is 0 Å². The number of nitrogens with one attached hydrogen (secondary N) is 1. The number of carboxylic acid groups (broad SMARTS) is 1. The zero-order valence-electron chi connectivity index (χ0n) is 12.0. The molecule has 0 aromatic heterocycles. The highest BCUT2D eigenvalue weighted by molar-refractivity contribution is 5.85. The number of aliphatic carboxylic acids is 1. The van der Waals surface area contributed by atoms with E-state index in [4.69, 9.17) is 0 Å². The first-order chi connectivity index (χ1) is 10.1. The van der Waals surface area contributed by atoms with Crippen molar-refractivity contribution in [1.29, 1.82) is 0 Å². The smallest absolute Gasteiger partial charge is 0.310 e. The number of carboxylic acids is 1. The molecule has 2 fully saturated rings. The van der Waals surface area contributed by atoms with Crippen LogP contribution in [0.1, 0.15) is 50.1 Å².